The van der Waals surface area contributed by atoms with Crippen molar-refractivity contribution in [3.05, 3.63) is 29.8 Å². The summed E-state index contributed by atoms with van der Waals surface area (Å²) in [7, 11) is 0. The zero-order valence-corrected chi connectivity index (χ0v) is 15.9. The van der Waals surface area contributed by atoms with Crippen molar-refractivity contribution in [1.82, 2.24) is 4.90 Å². The van der Waals surface area contributed by atoms with E-state index in [9.17, 15) is 14.4 Å². The van der Waals surface area contributed by atoms with Crippen LogP contribution in [0.5, 0.6) is 0 Å². The summed E-state index contributed by atoms with van der Waals surface area (Å²) < 4.78 is 0. The quantitative estimate of drug-likeness (QED) is 0.833. The molecule has 2 fully saturated rings. The second kappa shape index (κ2) is 8.55. The summed E-state index contributed by atoms with van der Waals surface area (Å²) in [4.78, 5) is 39.7. The summed E-state index contributed by atoms with van der Waals surface area (Å²) >= 11 is 0. The van der Waals surface area contributed by atoms with Gasteiger partial charge in [-0.1, -0.05) is 19.1 Å². The Labute approximate surface area is 160 Å². The minimum Gasteiger partial charge on any atom is -0.481 e. The first kappa shape index (κ1) is 19.4. The van der Waals surface area contributed by atoms with Crippen LogP contribution in [0, 0.1) is 11.8 Å². The summed E-state index contributed by atoms with van der Waals surface area (Å²) in [5.41, 5.74) is 2.07. The first-order chi connectivity index (χ1) is 13.0. The van der Waals surface area contributed by atoms with Crippen molar-refractivity contribution in [2.24, 2.45) is 11.8 Å². The van der Waals surface area contributed by atoms with Crippen molar-refractivity contribution in [2.45, 2.75) is 45.4 Å². The first-order valence-electron chi connectivity index (χ1n) is 9.87. The number of anilines is 1. The van der Waals surface area contributed by atoms with Crippen molar-refractivity contribution >= 4 is 23.5 Å². The van der Waals surface area contributed by atoms with E-state index in [0.29, 0.717) is 26.1 Å². The minimum absolute atomic E-state index is 0.00275. The molecule has 2 heterocycles. The van der Waals surface area contributed by atoms with Crippen LogP contribution < -0.4 is 4.90 Å². The number of aliphatic carboxylic acids is 1. The van der Waals surface area contributed by atoms with Crippen LogP contribution in [0.2, 0.25) is 0 Å². The SMILES string of the molecule is CCc1ccc(N2CC(C(=O)N3CCCC(CCC(=O)O)C3)CC2=O)cc1. The van der Waals surface area contributed by atoms with Gasteiger partial charge in [0, 0.05) is 38.2 Å². The summed E-state index contributed by atoms with van der Waals surface area (Å²) in [6.07, 6.45) is 3.84. The lowest BCUT2D eigenvalue weighted by Crippen LogP contribution is -2.43. The van der Waals surface area contributed by atoms with Crippen LogP contribution in [0.3, 0.4) is 0 Å². The van der Waals surface area contributed by atoms with Gasteiger partial charge in [-0.3, -0.25) is 14.4 Å². The number of carboxylic acids is 1. The summed E-state index contributed by atoms with van der Waals surface area (Å²) in [5.74, 6) is -0.812. The fourth-order valence-corrected chi connectivity index (χ4v) is 4.12. The molecule has 2 aliphatic heterocycles. The number of hydrogen-bond acceptors (Lipinski definition) is 3. The molecule has 0 bridgehead atoms. The van der Waals surface area contributed by atoms with Crippen LogP contribution in [0.15, 0.2) is 24.3 Å². The Hall–Kier alpha value is -2.37. The molecule has 2 unspecified atom stereocenters. The molecule has 2 aliphatic rings. The van der Waals surface area contributed by atoms with Crippen LogP contribution in [-0.4, -0.2) is 47.4 Å². The third-order valence-corrected chi connectivity index (χ3v) is 5.73. The number of carbonyl (C=O) groups excluding carboxylic acids is 2. The molecule has 146 valence electrons. The lowest BCUT2D eigenvalue weighted by molar-refractivity contribution is -0.138. The number of likely N-dealkylation sites (tertiary alicyclic amines) is 1. The van der Waals surface area contributed by atoms with E-state index in [4.69, 9.17) is 5.11 Å². The lowest BCUT2D eigenvalue weighted by atomic mass is 9.92. The average Bonchev–Trinajstić information content (AvgIpc) is 3.07. The monoisotopic (exact) mass is 372 g/mol. The van der Waals surface area contributed by atoms with Crippen molar-refractivity contribution < 1.29 is 19.5 Å². The lowest BCUT2D eigenvalue weighted by Gasteiger charge is -2.34. The van der Waals surface area contributed by atoms with Crippen LogP contribution in [0.25, 0.3) is 0 Å². The highest BCUT2D eigenvalue weighted by atomic mass is 16.4. The zero-order chi connectivity index (χ0) is 19.4. The van der Waals surface area contributed by atoms with Gasteiger partial charge in [0.2, 0.25) is 11.8 Å². The number of rotatable bonds is 6. The van der Waals surface area contributed by atoms with Gasteiger partial charge in [0.05, 0.1) is 5.92 Å². The van der Waals surface area contributed by atoms with Crippen molar-refractivity contribution in [2.75, 3.05) is 24.5 Å². The molecule has 6 heteroatoms. The molecule has 2 amide bonds. The Morgan fingerprint density at radius 3 is 2.59 bits per heavy atom. The molecule has 0 spiro atoms. The molecule has 2 saturated heterocycles. The Kier molecular flexibility index (Phi) is 6.14. The maximum atomic E-state index is 12.9. The van der Waals surface area contributed by atoms with Crippen molar-refractivity contribution in [1.29, 1.82) is 0 Å². The number of aryl methyl sites for hydroxylation is 1. The van der Waals surface area contributed by atoms with Crippen LogP contribution in [0.1, 0.15) is 44.6 Å². The molecule has 1 aromatic rings. The molecule has 1 N–H and O–H groups in total. The normalized spacial score (nSPS) is 22.9. The average molecular weight is 372 g/mol. The van der Waals surface area contributed by atoms with Gasteiger partial charge in [-0.25, -0.2) is 0 Å². The molecular formula is C21H28N2O4. The highest BCUT2D eigenvalue weighted by Gasteiger charge is 2.38. The highest BCUT2D eigenvalue weighted by Crippen LogP contribution is 2.29. The third kappa shape index (κ3) is 4.67. The third-order valence-electron chi connectivity index (χ3n) is 5.73. The van der Waals surface area contributed by atoms with Crippen LogP contribution >= 0.6 is 0 Å². The molecule has 27 heavy (non-hydrogen) atoms. The molecule has 3 rings (SSSR count). The maximum Gasteiger partial charge on any atom is 0.303 e. The number of hydrogen-bond donors (Lipinski definition) is 1. The van der Waals surface area contributed by atoms with E-state index >= 15 is 0 Å². The molecule has 0 radical (unpaired) electrons. The van der Waals surface area contributed by atoms with E-state index in [0.717, 1.165) is 24.9 Å². The second-order valence-corrected chi connectivity index (χ2v) is 7.65. The Balaban J connectivity index is 1.60. The predicted octanol–water partition coefficient (Wildman–Crippen LogP) is 2.71. The van der Waals surface area contributed by atoms with Crippen molar-refractivity contribution in [3.8, 4) is 0 Å². The number of amides is 2. The standard InChI is InChI=1S/C21H28N2O4/c1-2-15-5-8-18(9-6-15)23-14-17(12-19(23)24)21(27)22-11-3-4-16(13-22)7-10-20(25)26/h5-6,8-9,16-17H,2-4,7,10-14H2,1H3,(H,25,26). The van der Waals surface area contributed by atoms with Gasteiger partial charge in [0.15, 0.2) is 0 Å². The summed E-state index contributed by atoms with van der Waals surface area (Å²) in [6, 6.07) is 7.95. The van der Waals surface area contributed by atoms with E-state index in [1.165, 1.54) is 5.56 Å². The van der Waals surface area contributed by atoms with E-state index < -0.39 is 5.97 Å². The van der Waals surface area contributed by atoms with Gasteiger partial charge in [0.1, 0.15) is 0 Å². The Morgan fingerprint density at radius 1 is 1.19 bits per heavy atom. The Morgan fingerprint density at radius 2 is 1.93 bits per heavy atom. The number of nitrogens with zero attached hydrogens (tertiary/aromatic N) is 2. The molecule has 2 atom stereocenters. The van der Waals surface area contributed by atoms with Crippen LogP contribution in [0.4, 0.5) is 5.69 Å². The molecule has 0 aliphatic carbocycles. The molecule has 0 saturated carbocycles. The van der Waals surface area contributed by atoms with Gasteiger partial charge in [-0.2, -0.15) is 0 Å². The molecule has 1 aromatic carbocycles. The topological polar surface area (TPSA) is 77.9 Å². The number of piperidine rings is 1. The van der Waals surface area contributed by atoms with Crippen LogP contribution in [-0.2, 0) is 20.8 Å². The summed E-state index contributed by atoms with van der Waals surface area (Å²) in [5, 5.41) is 8.87. The van der Waals surface area contributed by atoms with Gasteiger partial charge in [-0.15, -0.1) is 0 Å². The summed E-state index contributed by atoms with van der Waals surface area (Å²) in [6.45, 7) is 3.84. The molecule has 0 aromatic heterocycles. The van der Waals surface area contributed by atoms with Gasteiger partial charge < -0.3 is 14.9 Å². The van der Waals surface area contributed by atoms with E-state index in [-0.39, 0.29) is 36.5 Å². The number of carboxylic acid groups (broad SMARTS) is 1. The highest BCUT2D eigenvalue weighted by molar-refractivity contribution is 6.00. The second-order valence-electron chi connectivity index (χ2n) is 7.65. The fraction of sp³-hybridized carbons (Fsp3) is 0.571. The number of carbonyl (C=O) groups is 3. The largest absolute Gasteiger partial charge is 0.481 e. The number of benzene rings is 1. The van der Waals surface area contributed by atoms with Gasteiger partial charge >= 0.3 is 5.97 Å². The minimum atomic E-state index is -0.787. The maximum absolute atomic E-state index is 12.9. The van der Waals surface area contributed by atoms with Crippen molar-refractivity contribution in [3.63, 3.8) is 0 Å². The van der Waals surface area contributed by atoms with Gasteiger partial charge in [0.25, 0.3) is 0 Å². The zero-order valence-electron chi connectivity index (χ0n) is 15.9. The molecule has 6 nitrogen and oxygen atoms in total. The van der Waals surface area contributed by atoms with E-state index in [2.05, 4.69) is 6.92 Å². The molecular weight excluding hydrogens is 344 g/mol. The smallest absolute Gasteiger partial charge is 0.303 e. The fourth-order valence-electron chi connectivity index (χ4n) is 4.12. The first-order valence-corrected chi connectivity index (χ1v) is 9.87. The van der Waals surface area contributed by atoms with E-state index in [1.807, 2.05) is 29.2 Å². The Bertz CT molecular complexity index is 701. The van der Waals surface area contributed by atoms with Gasteiger partial charge in [-0.05, 0) is 49.3 Å². The predicted molar refractivity (Wildman–Crippen MR) is 102 cm³/mol. The van der Waals surface area contributed by atoms with E-state index in [1.54, 1.807) is 4.90 Å².